The largest absolute Gasteiger partial charge is 0.490 e. The monoisotopic (exact) mass is 417 g/mol. The molecule has 2 aromatic rings. The number of hydrogen-bond acceptors (Lipinski definition) is 6. The molecule has 1 aliphatic heterocycles. The SMILES string of the molecule is COCCOCCCNC(=NCc1cnn(C)c1)Nc1ccc2c(c1)OCCCO2. The molecule has 30 heavy (non-hydrogen) atoms. The van der Waals surface area contributed by atoms with E-state index in [0.717, 1.165) is 42.1 Å². The lowest BCUT2D eigenvalue weighted by atomic mass is 10.2. The maximum Gasteiger partial charge on any atom is 0.196 e. The molecule has 0 saturated carbocycles. The summed E-state index contributed by atoms with van der Waals surface area (Å²) in [6.45, 7) is 4.46. The van der Waals surface area contributed by atoms with Gasteiger partial charge in [0.2, 0.25) is 0 Å². The van der Waals surface area contributed by atoms with E-state index in [1.165, 1.54) is 0 Å². The molecule has 1 aromatic heterocycles. The van der Waals surface area contributed by atoms with Gasteiger partial charge in [-0.05, 0) is 18.6 Å². The predicted molar refractivity (Wildman–Crippen MR) is 115 cm³/mol. The summed E-state index contributed by atoms with van der Waals surface area (Å²) < 4.78 is 23.8. The van der Waals surface area contributed by atoms with Crippen molar-refractivity contribution in [2.24, 2.45) is 12.0 Å². The normalized spacial score (nSPS) is 13.7. The molecule has 3 rings (SSSR count). The Bertz CT molecular complexity index is 808. The number of aliphatic imine (C=N–C) groups is 1. The van der Waals surface area contributed by atoms with Crippen molar-refractivity contribution in [1.29, 1.82) is 0 Å². The lowest BCUT2D eigenvalue weighted by Crippen LogP contribution is -2.32. The first-order valence-corrected chi connectivity index (χ1v) is 10.2. The standard InChI is InChI=1S/C21H31N5O4/c1-26-16-17(15-24-26)14-23-21(22-7-3-8-28-12-11-27-2)25-18-5-6-19-20(13-18)30-10-4-9-29-19/h5-6,13,15-16H,3-4,7-12,14H2,1-2H3,(H2,22,23,25). The maximum atomic E-state index is 5.78. The molecule has 0 amide bonds. The van der Waals surface area contributed by atoms with Gasteiger partial charge in [-0.15, -0.1) is 0 Å². The molecule has 0 unspecified atom stereocenters. The van der Waals surface area contributed by atoms with Crippen LogP contribution in [0.2, 0.25) is 0 Å². The van der Waals surface area contributed by atoms with Crippen LogP contribution < -0.4 is 20.1 Å². The van der Waals surface area contributed by atoms with E-state index in [-0.39, 0.29) is 0 Å². The van der Waals surface area contributed by atoms with Crippen molar-refractivity contribution in [3.63, 3.8) is 0 Å². The second-order valence-electron chi connectivity index (χ2n) is 6.91. The van der Waals surface area contributed by atoms with Gasteiger partial charge in [-0.3, -0.25) is 4.68 Å². The summed E-state index contributed by atoms with van der Waals surface area (Å²) in [6, 6.07) is 5.82. The number of ether oxygens (including phenoxy) is 4. The van der Waals surface area contributed by atoms with E-state index in [0.29, 0.717) is 45.5 Å². The van der Waals surface area contributed by atoms with E-state index in [1.54, 1.807) is 11.8 Å². The molecule has 0 saturated heterocycles. The predicted octanol–water partition coefficient (Wildman–Crippen LogP) is 2.19. The van der Waals surface area contributed by atoms with Crippen LogP contribution in [0.1, 0.15) is 18.4 Å². The molecule has 164 valence electrons. The molecule has 0 radical (unpaired) electrons. The molecule has 2 N–H and O–H groups in total. The van der Waals surface area contributed by atoms with Gasteiger partial charge in [0, 0.05) is 57.2 Å². The number of hydrogen-bond donors (Lipinski definition) is 2. The first-order valence-electron chi connectivity index (χ1n) is 10.2. The van der Waals surface area contributed by atoms with E-state index >= 15 is 0 Å². The van der Waals surface area contributed by atoms with Gasteiger partial charge in [-0.25, -0.2) is 4.99 Å². The Hall–Kier alpha value is -2.78. The highest BCUT2D eigenvalue weighted by molar-refractivity contribution is 5.93. The molecule has 9 nitrogen and oxygen atoms in total. The third-order valence-electron chi connectivity index (χ3n) is 4.38. The highest BCUT2D eigenvalue weighted by Gasteiger charge is 2.11. The zero-order valence-electron chi connectivity index (χ0n) is 17.7. The zero-order chi connectivity index (χ0) is 21.0. The molecule has 0 fully saturated rings. The molecule has 1 aromatic carbocycles. The summed E-state index contributed by atoms with van der Waals surface area (Å²) in [5.74, 6) is 2.20. The van der Waals surface area contributed by atoms with Crippen LogP contribution in [0, 0.1) is 0 Å². The van der Waals surface area contributed by atoms with Crippen molar-refractivity contribution in [1.82, 2.24) is 15.1 Å². The van der Waals surface area contributed by atoms with E-state index in [1.807, 2.05) is 37.6 Å². The van der Waals surface area contributed by atoms with Gasteiger partial charge in [-0.1, -0.05) is 0 Å². The summed E-state index contributed by atoms with van der Waals surface area (Å²) in [5, 5.41) is 10.9. The maximum absolute atomic E-state index is 5.78. The van der Waals surface area contributed by atoms with Crippen LogP contribution in [0.3, 0.4) is 0 Å². The lowest BCUT2D eigenvalue weighted by molar-refractivity contribution is 0.0699. The van der Waals surface area contributed by atoms with Crippen LogP contribution >= 0.6 is 0 Å². The number of methoxy groups -OCH3 is 1. The molecule has 2 heterocycles. The summed E-state index contributed by atoms with van der Waals surface area (Å²) in [6.07, 6.45) is 5.51. The minimum atomic E-state index is 0.526. The summed E-state index contributed by atoms with van der Waals surface area (Å²) in [5.41, 5.74) is 1.92. The Morgan fingerprint density at radius 1 is 1.20 bits per heavy atom. The third kappa shape index (κ3) is 7.23. The molecular weight excluding hydrogens is 386 g/mol. The molecule has 0 aliphatic carbocycles. The Kier molecular flexibility index (Phi) is 8.80. The Balaban J connectivity index is 1.59. The molecule has 0 spiro atoms. The van der Waals surface area contributed by atoms with Crippen LogP contribution in [0.15, 0.2) is 35.6 Å². The minimum Gasteiger partial charge on any atom is -0.490 e. The van der Waals surface area contributed by atoms with Gasteiger partial charge in [0.15, 0.2) is 17.5 Å². The molecular formula is C21H31N5O4. The molecule has 0 bridgehead atoms. The van der Waals surface area contributed by atoms with Gasteiger partial charge in [0.25, 0.3) is 0 Å². The van der Waals surface area contributed by atoms with E-state index in [4.69, 9.17) is 18.9 Å². The molecule has 0 atom stereocenters. The van der Waals surface area contributed by atoms with Gasteiger partial charge < -0.3 is 29.6 Å². The second-order valence-corrected chi connectivity index (χ2v) is 6.91. The third-order valence-corrected chi connectivity index (χ3v) is 4.38. The van der Waals surface area contributed by atoms with E-state index in [2.05, 4.69) is 20.7 Å². The zero-order valence-corrected chi connectivity index (χ0v) is 17.7. The number of rotatable bonds is 10. The smallest absolute Gasteiger partial charge is 0.196 e. The van der Waals surface area contributed by atoms with Gasteiger partial charge >= 0.3 is 0 Å². The number of aryl methyl sites for hydroxylation is 1. The Morgan fingerprint density at radius 2 is 2.07 bits per heavy atom. The fourth-order valence-electron chi connectivity index (χ4n) is 2.87. The number of nitrogens with zero attached hydrogens (tertiary/aromatic N) is 3. The Labute approximate surface area is 177 Å². The van der Waals surface area contributed by atoms with Crippen LogP contribution in [-0.4, -0.2) is 62.4 Å². The van der Waals surface area contributed by atoms with Crippen LogP contribution in [0.5, 0.6) is 11.5 Å². The van der Waals surface area contributed by atoms with E-state index in [9.17, 15) is 0 Å². The molecule has 1 aliphatic rings. The number of fused-ring (bicyclic) bond motifs is 1. The van der Waals surface area contributed by atoms with Crippen molar-refractivity contribution in [2.75, 3.05) is 52.0 Å². The van der Waals surface area contributed by atoms with Crippen molar-refractivity contribution in [3.05, 3.63) is 36.2 Å². The first-order chi connectivity index (χ1) is 14.7. The topological polar surface area (TPSA) is 91.2 Å². The van der Waals surface area contributed by atoms with Crippen LogP contribution in [-0.2, 0) is 23.1 Å². The fourth-order valence-corrected chi connectivity index (χ4v) is 2.87. The highest BCUT2D eigenvalue weighted by Crippen LogP contribution is 2.32. The number of anilines is 1. The van der Waals surface area contributed by atoms with Crippen LogP contribution in [0.25, 0.3) is 0 Å². The number of guanidine groups is 1. The average Bonchev–Trinajstić information content (AvgIpc) is 3.02. The van der Waals surface area contributed by atoms with Crippen LogP contribution in [0.4, 0.5) is 5.69 Å². The Morgan fingerprint density at radius 3 is 2.87 bits per heavy atom. The number of aromatic nitrogens is 2. The van der Waals surface area contributed by atoms with Crippen molar-refractivity contribution < 1.29 is 18.9 Å². The quantitative estimate of drug-likeness (QED) is 0.348. The second kappa shape index (κ2) is 12.0. The van der Waals surface area contributed by atoms with Gasteiger partial charge in [-0.2, -0.15) is 5.10 Å². The highest BCUT2D eigenvalue weighted by atomic mass is 16.5. The lowest BCUT2D eigenvalue weighted by Gasteiger charge is -2.14. The summed E-state index contributed by atoms with van der Waals surface area (Å²) in [7, 11) is 3.56. The van der Waals surface area contributed by atoms with Crippen molar-refractivity contribution >= 4 is 11.6 Å². The molecule has 9 heteroatoms. The average molecular weight is 418 g/mol. The van der Waals surface area contributed by atoms with Gasteiger partial charge in [0.1, 0.15) is 0 Å². The van der Waals surface area contributed by atoms with Gasteiger partial charge in [0.05, 0.1) is 39.2 Å². The fraction of sp³-hybridized carbons (Fsp3) is 0.524. The minimum absolute atomic E-state index is 0.526. The van der Waals surface area contributed by atoms with Crippen molar-refractivity contribution in [2.45, 2.75) is 19.4 Å². The van der Waals surface area contributed by atoms with E-state index < -0.39 is 0 Å². The van der Waals surface area contributed by atoms with Crippen molar-refractivity contribution in [3.8, 4) is 11.5 Å². The number of benzene rings is 1. The number of nitrogens with one attached hydrogen (secondary N) is 2. The first kappa shape index (κ1) is 21.9. The summed E-state index contributed by atoms with van der Waals surface area (Å²) in [4.78, 5) is 4.69. The summed E-state index contributed by atoms with van der Waals surface area (Å²) >= 11 is 0.